The van der Waals surface area contributed by atoms with Gasteiger partial charge in [0.2, 0.25) is 0 Å². The van der Waals surface area contributed by atoms with E-state index in [1.165, 1.54) is 0 Å². The van der Waals surface area contributed by atoms with Gasteiger partial charge in [-0.1, -0.05) is 6.92 Å². The van der Waals surface area contributed by atoms with Crippen LogP contribution in [0.1, 0.15) is 13.3 Å². The molecule has 0 aliphatic rings. The maximum Gasteiger partial charge on any atom is 0.310 e. The molecule has 0 spiro atoms. The summed E-state index contributed by atoms with van der Waals surface area (Å²) in [5.41, 5.74) is 0. The fourth-order valence-electron chi connectivity index (χ4n) is 0.755. The Morgan fingerprint density at radius 3 is 2.85 bits per heavy atom. The van der Waals surface area contributed by atoms with Gasteiger partial charge in [-0.05, 0) is 34.1 Å². The van der Waals surface area contributed by atoms with Crippen LogP contribution in [0.3, 0.4) is 0 Å². The number of esters is 1. The van der Waals surface area contributed by atoms with Crippen LogP contribution in [-0.4, -0.2) is 5.97 Å². The fraction of sp³-hybridized carbons (Fsp3) is 0.222. The molecular weight excluding hydrogens is 252 g/mol. The predicted octanol–water partition coefficient (Wildman–Crippen LogP) is 3.05. The van der Waals surface area contributed by atoms with Crippen molar-refractivity contribution in [2.75, 3.05) is 0 Å². The Morgan fingerprint density at radius 2 is 2.31 bits per heavy atom. The second kappa shape index (κ2) is 4.67. The SMILES string of the molecule is CCC(=O)Oc1ccc(S)c(Br)c1. The van der Waals surface area contributed by atoms with Crippen molar-refractivity contribution in [3.8, 4) is 5.75 Å². The average Bonchev–Trinajstić information content (AvgIpc) is 2.11. The quantitative estimate of drug-likeness (QED) is 0.503. The van der Waals surface area contributed by atoms with E-state index in [1.54, 1.807) is 25.1 Å². The van der Waals surface area contributed by atoms with Crippen molar-refractivity contribution in [2.24, 2.45) is 0 Å². The van der Waals surface area contributed by atoms with E-state index in [9.17, 15) is 4.79 Å². The Morgan fingerprint density at radius 1 is 1.62 bits per heavy atom. The molecule has 0 fully saturated rings. The van der Waals surface area contributed by atoms with E-state index < -0.39 is 0 Å². The highest BCUT2D eigenvalue weighted by Gasteiger charge is 2.03. The van der Waals surface area contributed by atoms with Gasteiger partial charge in [0.1, 0.15) is 5.75 Å². The lowest BCUT2D eigenvalue weighted by Crippen LogP contribution is -2.05. The van der Waals surface area contributed by atoms with Gasteiger partial charge in [-0.2, -0.15) is 0 Å². The van der Waals surface area contributed by atoms with Gasteiger partial charge in [0, 0.05) is 15.8 Å². The summed E-state index contributed by atoms with van der Waals surface area (Å²) in [5, 5.41) is 0. The zero-order chi connectivity index (χ0) is 9.84. The summed E-state index contributed by atoms with van der Waals surface area (Å²) in [5.74, 6) is 0.301. The van der Waals surface area contributed by atoms with Crippen LogP contribution in [0.4, 0.5) is 0 Å². The van der Waals surface area contributed by atoms with E-state index in [0.29, 0.717) is 12.2 Å². The molecule has 0 atom stereocenters. The van der Waals surface area contributed by atoms with E-state index in [2.05, 4.69) is 28.6 Å². The van der Waals surface area contributed by atoms with Gasteiger partial charge >= 0.3 is 5.97 Å². The molecule has 0 aliphatic heterocycles. The normalized spacial score (nSPS) is 9.77. The van der Waals surface area contributed by atoms with Gasteiger partial charge in [-0.15, -0.1) is 12.6 Å². The van der Waals surface area contributed by atoms with Crippen molar-refractivity contribution < 1.29 is 9.53 Å². The average molecular weight is 261 g/mol. The molecule has 2 nitrogen and oxygen atoms in total. The van der Waals surface area contributed by atoms with Crippen molar-refractivity contribution in [1.29, 1.82) is 0 Å². The van der Waals surface area contributed by atoms with Crippen molar-refractivity contribution in [3.63, 3.8) is 0 Å². The van der Waals surface area contributed by atoms with Crippen LogP contribution >= 0.6 is 28.6 Å². The van der Waals surface area contributed by atoms with Crippen LogP contribution in [0.5, 0.6) is 5.75 Å². The molecule has 0 saturated carbocycles. The number of carbonyl (C=O) groups excluding carboxylic acids is 1. The maximum absolute atomic E-state index is 10.9. The smallest absolute Gasteiger partial charge is 0.310 e. The molecule has 0 aromatic heterocycles. The highest BCUT2D eigenvalue weighted by molar-refractivity contribution is 9.10. The molecule has 1 rings (SSSR count). The van der Waals surface area contributed by atoms with Crippen LogP contribution in [0.15, 0.2) is 27.6 Å². The zero-order valence-electron chi connectivity index (χ0n) is 7.08. The van der Waals surface area contributed by atoms with Crippen LogP contribution in [0.2, 0.25) is 0 Å². The van der Waals surface area contributed by atoms with Gasteiger partial charge in [0.15, 0.2) is 0 Å². The molecule has 0 unspecified atom stereocenters. The molecule has 0 N–H and O–H groups in total. The number of rotatable bonds is 2. The molecule has 0 saturated heterocycles. The van der Waals surface area contributed by atoms with E-state index in [4.69, 9.17) is 4.74 Å². The second-order valence-corrected chi connectivity index (χ2v) is 3.78. The fourth-order valence-corrected chi connectivity index (χ4v) is 1.25. The van der Waals surface area contributed by atoms with Crippen LogP contribution in [0, 0.1) is 0 Å². The summed E-state index contributed by atoms with van der Waals surface area (Å²) < 4.78 is 5.81. The van der Waals surface area contributed by atoms with Gasteiger partial charge in [0.05, 0.1) is 0 Å². The number of hydrogen-bond donors (Lipinski definition) is 1. The van der Waals surface area contributed by atoms with Gasteiger partial charge in [-0.25, -0.2) is 0 Å². The Labute approximate surface area is 90.8 Å². The first kappa shape index (κ1) is 10.6. The highest BCUT2D eigenvalue weighted by Crippen LogP contribution is 2.25. The number of halogens is 1. The summed E-state index contributed by atoms with van der Waals surface area (Å²) in [6.07, 6.45) is 0.375. The lowest BCUT2D eigenvalue weighted by atomic mass is 10.3. The summed E-state index contributed by atoms with van der Waals surface area (Å²) in [6, 6.07) is 5.20. The minimum absolute atomic E-state index is 0.237. The largest absolute Gasteiger partial charge is 0.426 e. The molecule has 0 heterocycles. The van der Waals surface area contributed by atoms with Crippen molar-refractivity contribution in [3.05, 3.63) is 22.7 Å². The van der Waals surface area contributed by atoms with Gasteiger partial charge in [0.25, 0.3) is 0 Å². The molecule has 1 aromatic rings. The van der Waals surface area contributed by atoms with Crippen molar-refractivity contribution in [2.45, 2.75) is 18.2 Å². The first-order chi connectivity index (χ1) is 6.13. The Hall–Kier alpha value is -0.480. The van der Waals surface area contributed by atoms with Crippen LogP contribution in [0.25, 0.3) is 0 Å². The van der Waals surface area contributed by atoms with Crippen LogP contribution in [-0.2, 0) is 4.79 Å². The molecule has 13 heavy (non-hydrogen) atoms. The topological polar surface area (TPSA) is 26.3 Å². The number of hydrogen-bond acceptors (Lipinski definition) is 3. The zero-order valence-corrected chi connectivity index (χ0v) is 9.56. The Balaban J connectivity index is 2.79. The van der Waals surface area contributed by atoms with Crippen LogP contribution < -0.4 is 4.74 Å². The second-order valence-electron chi connectivity index (χ2n) is 2.44. The molecule has 0 aliphatic carbocycles. The minimum Gasteiger partial charge on any atom is -0.426 e. The predicted molar refractivity (Wildman–Crippen MR) is 57.3 cm³/mol. The first-order valence-electron chi connectivity index (χ1n) is 3.82. The third-order valence-electron chi connectivity index (χ3n) is 1.44. The summed E-state index contributed by atoms with van der Waals surface area (Å²) in [4.78, 5) is 11.7. The van der Waals surface area contributed by atoms with E-state index >= 15 is 0 Å². The Kier molecular flexibility index (Phi) is 3.81. The molecular formula is C9H9BrO2S. The third-order valence-corrected chi connectivity index (χ3v) is 2.79. The van der Waals surface area contributed by atoms with Crippen molar-refractivity contribution in [1.82, 2.24) is 0 Å². The number of benzene rings is 1. The molecule has 70 valence electrons. The van der Waals surface area contributed by atoms with Crippen molar-refractivity contribution >= 4 is 34.5 Å². The van der Waals surface area contributed by atoms with E-state index in [1.807, 2.05) is 0 Å². The van der Waals surface area contributed by atoms with Gasteiger partial charge in [-0.3, -0.25) is 4.79 Å². The highest BCUT2D eigenvalue weighted by atomic mass is 79.9. The summed E-state index contributed by atoms with van der Waals surface area (Å²) in [7, 11) is 0. The molecule has 0 bridgehead atoms. The molecule has 0 amide bonds. The lowest BCUT2D eigenvalue weighted by molar-refractivity contribution is -0.134. The summed E-state index contributed by atoms with van der Waals surface area (Å²) >= 11 is 7.46. The third kappa shape index (κ3) is 3.04. The Bertz CT molecular complexity index is 325. The first-order valence-corrected chi connectivity index (χ1v) is 5.06. The standard InChI is InChI=1S/C9H9BrO2S/c1-2-9(11)12-6-3-4-8(13)7(10)5-6/h3-5,13H,2H2,1H3. The number of thiol groups is 1. The molecule has 1 aromatic carbocycles. The van der Waals surface area contributed by atoms with E-state index in [0.717, 1.165) is 9.37 Å². The number of ether oxygens (including phenoxy) is 1. The number of carbonyl (C=O) groups is 1. The summed E-state index contributed by atoms with van der Waals surface area (Å²) in [6.45, 7) is 1.75. The van der Waals surface area contributed by atoms with E-state index in [-0.39, 0.29) is 5.97 Å². The minimum atomic E-state index is -0.237. The monoisotopic (exact) mass is 260 g/mol. The lowest BCUT2D eigenvalue weighted by Gasteiger charge is -2.03. The molecule has 4 heteroatoms. The molecule has 0 radical (unpaired) electrons. The maximum atomic E-state index is 10.9. The van der Waals surface area contributed by atoms with Gasteiger partial charge < -0.3 is 4.74 Å².